The Bertz CT molecular complexity index is 846. The summed E-state index contributed by atoms with van der Waals surface area (Å²) >= 11 is 0. The quantitative estimate of drug-likeness (QED) is 0.323. The summed E-state index contributed by atoms with van der Waals surface area (Å²) < 4.78 is 0. The summed E-state index contributed by atoms with van der Waals surface area (Å²) in [6.07, 6.45) is 2.07. The highest BCUT2D eigenvalue weighted by Gasteiger charge is 2.12. The summed E-state index contributed by atoms with van der Waals surface area (Å²) in [7, 11) is -0.352. The zero-order valence-corrected chi connectivity index (χ0v) is 15.1. The standard InChI is InChI=1S/C22H21P.B/c1-18(2)23(16-8-11-19-9-4-3-5-10-19)22-15-14-20-12-6-7-13-21(20)17-22;/h3-7,9-18H,1-2H3;. The van der Waals surface area contributed by atoms with E-state index in [2.05, 4.69) is 98.2 Å². The molecular weight excluding hydrogens is 306 g/mol. The van der Waals surface area contributed by atoms with Gasteiger partial charge in [-0.2, -0.15) is 0 Å². The van der Waals surface area contributed by atoms with Crippen LogP contribution in [0.4, 0.5) is 0 Å². The zero-order valence-electron chi connectivity index (χ0n) is 14.2. The normalized spacial score (nSPS) is 11.5. The second-order valence-electron chi connectivity index (χ2n) is 5.88. The average Bonchev–Trinajstić information content (AvgIpc) is 2.59. The summed E-state index contributed by atoms with van der Waals surface area (Å²) in [4.78, 5) is 0. The van der Waals surface area contributed by atoms with E-state index in [4.69, 9.17) is 0 Å². The van der Waals surface area contributed by atoms with E-state index >= 15 is 0 Å². The molecule has 0 aliphatic carbocycles. The molecule has 3 aromatic rings. The van der Waals surface area contributed by atoms with Gasteiger partial charge in [0.05, 0.1) is 0 Å². The van der Waals surface area contributed by atoms with E-state index in [1.165, 1.54) is 21.6 Å². The van der Waals surface area contributed by atoms with Crippen molar-refractivity contribution < 1.29 is 0 Å². The lowest BCUT2D eigenvalue weighted by Crippen LogP contribution is -2.05. The number of hydrogen-bond acceptors (Lipinski definition) is 0. The van der Waals surface area contributed by atoms with Gasteiger partial charge in [0.2, 0.25) is 0 Å². The Morgan fingerprint density at radius 2 is 1.50 bits per heavy atom. The molecule has 1 atom stereocenters. The Kier molecular flexibility index (Phi) is 6.62. The maximum absolute atomic E-state index is 3.41. The van der Waals surface area contributed by atoms with Crippen LogP contribution < -0.4 is 5.30 Å². The van der Waals surface area contributed by atoms with E-state index in [-0.39, 0.29) is 16.3 Å². The van der Waals surface area contributed by atoms with Crippen LogP contribution in [-0.4, -0.2) is 14.1 Å². The topological polar surface area (TPSA) is 0 Å². The van der Waals surface area contributed by atoms with Crippen molar-refractivity contribution in [1.29, 1.82) is 0 Å². The van der Waals surface area contributed by atoms with E-state index in [0.29, 0.717) is 5.66 Å². The fourth-order valence-electron chi connectivity index (χ4n) is 2.62. The average molecular weight is 327 g/mol. The van der Waals surface area contributed by atoms with E-state index in [0.717, 1.165) is 0 Å². The highest BCUT2D eigenvalue weighted by atomic mass is 31.1. The van der Waals surface area contributed by atoms with E-state index in [1.807, 2.05) is 6.07 Å². The molecule has 0 fully saturated rings. The van der Waals surface area contributed by atoms with Gasteiger partial charge in [0.15, 0.2) is 0 Å². The summed E-state index contributed by atoms with van der Waals surface area (Å²) in [5.41, 5.74) is 5.20. The lowest BCUT2D eigenvalue weighted by molar-refractivity contribution is 1.10. The molecule has 0 spiro atoms. The molecule has 0 aromatic heterocycles. The summed E-state index contributed by atoms with van der Waals surface area (Å²) in [6.45, 7) is 4.59. The molecular formula is C22H21BP. The molecule has 0 aliphatic rings. The maximum atomic E-state index is 3.41. The van der Waals surface area contributed by atoms with Crippen molar-refractivity contribution in [2.45, 2.75) is 19.5 Å². The van der Waals surface area contributed by atoms with E-state index < -0.39 is 0 Å². The number of hydrogen-bond donors (Lipinski definition) is 0. The van der Waals surface area contributed by atoms with Crippen LogP contribution in [0, 0.1) is 0 Å². The molecule has 3 aromatic carbocycles. The molecule has 0 nitrogen and oxygen atoms in total. The fourth-order valence-corrected chi connectivity index (χ4v) is 4.44. The van der Waals surface area contributed by atoms with Crippen LogP contribution in [0.15, 0.2) is 84.3 Å². The van der Waals surface area contributed by atoms with Crippen LogP contribution in [-0.2, 0) is 0 Å². The lowest BCUT2D eigenvalue weighted by Gasteiger charge is -2.17. The molecule has 3 radical (unpaired) electrons. The van der Waals surface area contributed by atoms with Crippen LogP contribution in [0.25, 0.3) is 16.8 Å². The Balaban J connectivity index is 0.00000208. The Labute approximate surface area is 148 Å². The van der Waals surface area contributed by atoms with Gasteiger partial charge in [0.1, 0.15) is 0 Å². The summed E-state index contributed by atoms with van der Waals surface area (Å²) in [5.74, 6) is 2.26. The molecule has 3 rings (SSSR count). The van der Waals surface area contributed by atoms with Crippen molar-refractivity contribution >= 4 is 38.5 Å². The maximum Gasteiger partial charge on any atom is 0 e. The van der Waals surface area contributed by atoms with Gasteiger partial charge >= 0.3 is 0 Å². The van der Waals surface area contributed by atoms with Gasteiger partial charge in [-0.1, -0.05) is 80.6 Å². The minimum Gasteiger partial charge on any atom is -0.119 e. The monoisotopic (exact) mass is 327 g/mol. The Morgan fingerprint density at radius 1 is 0.833 bits per heavy atom. The first-order valence-electron chi connectivity index (χ1n) is 7.99. The SMILES string of the molecule is CC(C)P(C=C=Cc1ccccc1)c1ccc2ccccc2c1.[B]. The summed E-state index contributed by atoms with van der Waals surface area (Å²) in [6, 6.07) is 25.8. The van der Waals surface area contributed by atoms with Gasteiger partial charge in [0.25, 0.3) is 0 Å². The van der Waals surface area contributed by atoms with Crippen LogP contribution in [0.2, 0.25) is 0 Å². The molecule has 0 N–H and O–H groups in total. The third-order valence-electron chi connectivity index (χ3n) is 3.85. The predicted octanol–water partition coefficient (Wildman–Crippen LogP) is 5.80. The van der Waals surface area contributed by atoms with Crippen LogP contribution in [0.5, 0.6) is 0 Å². The molecule has 1 unspecified atom stereocenters. The first kappa shape index (κ1) is 18.3. The smallest absolute Gasteiger partial charge is 0 e. The Hall–Kier alpha value is -2.07. The number of benzene rings is 3. The van der Waals surface area contributed by atoms with Gasteiger partial charge in [-0.05, 0) is 53.2 Å². The van der Waals surface area contributed by atoms with Crippen LogP contribution in [0.1, 0.15) is 19.4 Å². The molecule has 24 heavy (non-hydrogen) atoms. The molecule has 0 heterocycles. The summed E-state index contributed by atoms with van der Waals surface area (Å²) in [5, 5.41) is 4.04. The second-order valence-corrected chi connectivity index (χ2v) is 8.51. The zero-order chi connectivity index (χ0) is 16.1. The number of rotatable bonds is 4. The minimum atomic E-state index is -0.352. The molecule has 117 valence electrons. The first-order valence-corrected chi connectivity index (χ1v) is 9.47. The third kappa shape index (κ3) is 4.48. The third-order valence-corrected chi connectivity index (χ3v) is 6.27. The molecule has 0 saturated heterocycles. The van der Waals surface area contributed by atoms with Gasteiger partial charge in [0, 0.05) is 8.41 Å². The van der Waals surface area contributed by atoms with Gasteiger partial charge in [-0.3, -0.25) is 0 Å². The predicted molar refractivity (Wildman–Crippen MR) is 110 cm³/mol. The first-order chi connectivity index (χ1) is 11.2. The van der Waals surface area contributed by atoms with Crippen molar-refractivity contribution in [2.75, 3.05) is 0 Å². The van der Waals surface area contributed by atoms with Crippen molar-refractivity contribution in [2.24, 2.45) is 0 Å². The van der Waals surface area contributed by atoms with E-state index in [1.54, 1.807) is 0 Å². The Morgan fingerprint density at radius 3 is 2.21 bits per heavy atom. The highest BCUT2D eigenvalue weighted by Crippen LogP contribution is 2.41. The van der Waals surface area contributed by atoms with Crippen LogP contribution in [0.3, 0.4) is 0 Å². The molecule has 0 amide bonds. The van der Waals surface area contributed by atoms with E-state index in [9.17, 15) is 0 Å². The van der Waals surface area contributed by atoms with Crippen molar-refractivity contribution in [1.82, 2.24) is 0 Å². The van der Waals surface area contributed by atoms with Gasteiger partial charge in [-0.25, -0.2) is 0 Å². The van der Waals surface area contributed by atoms with Gasteiger partial charge < -0.3 is 0 Å². The lowest BCUT2D eigenvalue weighted by atomic mass is 10.1. The van der Waals surface area contributed by atoms with Crippen LogP contribution >= 0.6 is 7.92 Å². The molecule has 2 heteroatoms. The second kappa shape index (κ2) is 8.69. The molecule has 0 bridgehead atoms. The largest absolute Gasteiger partial charge is 0.119 e. The fraction of sp³-hybridized carbons (Fsp3) is 0.136. The van der Waals surface area contributed by atoms with Crippen molar-refractivity contribution in [3.8, 4) is 0 Å². The molecule has 0 saturated carbocycles. The highest BCUT2D eigenvalue weighted by molar-refractivity contribution is 7.69. The van der Waals surface area contributed by atoms with Gasteiger partial charge in [-0.15, -0.1) is 5.73 Å². The van der Waals surface area contributed by atoms with Crippen molar-refractivity contribution in [3.05, 3.63) is 89.9 Å². The molecule has 0 aliphatic heterocycles. The van der Waals surface area contributed by atoms with Crippen molar-refractivity contribution in [3.63, 3.8) is 0 Å². The number of fused-ring (bicyclic) bond motifs is 1. The minimum absolute atomic E-state index is 0.